The number of amides is 2. The van der Waals surface area contributed by atoms with Crippen LogP contribution in [0.3, 0.4) is 0 Å². The summed E-state index contributed by atoms with van der Waals surface area (Å²) in [6, 6.07) is 33.1. The van der Waals surface area contributed by atoms with E-state index in [1.165, 1.54) is 5.56 Å². The van der Waals surface area contributed by atoms with E-state index in [-0.39, 0.29) is 23.2 Å². The van der Waals surface area contributed by atoms with E-state index in [1.807, 2.05) is 90.7 Å². The second-order valence-corrected chi connectivity index (χ2v) is 10.7. The van der Waals surface area contributed by atoms with Crippen molar-refractivity contribution in [1.29, 1.82) is 0 Å². The van der Waals surface area contributed by atoms with Crippen LogP contribution >= 0.6 is 23.4 Å². The minimum absolute atomic E-state index is 0.0927. The van der Waals surface area contributed by atoms with Crippen LogP contribution < -0.4 is 5.32 Å². The van der Waals surface area contributed by atoms with Crippen molar-refractivity contribution in [3.05, 3.63) is 142 Å². The van der Waals surface area contributed by atoms with Gasteiger partial charge >= 0.3 is 0 Å². The zero-order chi connectivity index (χ0) is 25.8. The lowest BCUT2D eigenvalue weighted by Gasteiger charge is -2.25. The highest BCUT2D eigenvalue weighted by atomic mass is 35.5. The first-order valence-electron chi connectivity index (χ1n) is 12.2. The zero-order valence-corrected chi connectivity index (χ0v) is 22.0. The van der Waals surface area contributed by atoms with Crippen LogP contribution in [0.15, 0.2) is 103 Å². The largest absolute Gasteiger partial charge is 0.341 e. The Morgan fingerprint density at radius 2 is 1.57 bits per heavy atom. The summed E-state index contributed by atoms with van der Waals surface area (Å²) in [7, 11) is 0. The smallest absolute Gasteiger partial charge is 0.252 e. The Morgan fingerprint density at radius 1 is 0.919 bits per heavy atom. The summed E-state index contributed by atoms with van der Waals surface area (Å²) in [6.07, 6.45) is 0. The first-order chi connectivity index (χ1) is 18.0. The van der Waals surface area contributed by atoms with E-state index in [0.717, 1.165) is 22.3 Å². The number of benzene rings is 4. The molecule has 2 atom stereocenters. The Hall–Kier alpha value is -3.54. The highest BCUT2D eigenvalue weighted by molar-refractivity contribution is 8.00. The number of nitrogens with one attached hydrogen (secondary N) is 1. The van der Waals surface area contributed by atoms with Crippen molar-refractivity contribution in [2.45, 2.75) is 24.9 Å². The van der Waals surface area contributed by atoms with Crippen molar-refractivity contribution in [2.24, 2.45) is 0 Å². The molecule has 5 rings (SSSR count). The number of thioether (sulfide) groups is 1. The maximum atomic E-state index is 13.3. The molecule has 1 N–H and O–H groups in total. The molecule has 37 heavy (non-hydrogen) atoms. The molecule has 1 aliphatic rings. The lowest BCUT2D eigenvalue weighted by atomic mass is 9.97. The van der Waals surface area contributed by atoms with Crippen LogP contribution in [-0.4, -0.2) is 22.5 Å². The van der Waals surface area contributed by atoms with Gasteiger partial charge in [0, 0.05) is 17.1 Å². The second-order valence-electron chi connectivity index (χ2n) is 9.16. The van der Waals surface area contributed by atoms with E-state index in [2.05, 4.69) is 29.6 Å². The number of carbonyl (C=O) groups excluding carboxylic acids is 2. The third-order valence-electron chi connectivity index (χ3n) is 6.51. The van der Waals surface area contributed by atoms with E-state index in [4.69, 9.17) is 11.6 Å². The van der Waals surface area contributed by atoms with Crippen LogP contribution in [0.2, 0.25) is 5.02 Å². The van der Waals surface area contributed by atoms with Crippen LogP contribution in [0.5, 0.6) is 0 Å². The normalized spacial score (nSPS) is 16.0. The third kappa shape index (κ3) is 5.90. The number of hydrogen-bond donors (Lipinski definition) is 1. The number of hydrogen-bond acceptors (Lipinski definition) is 3. The molecule has 2 amide bonds. The van der Waals surface area contributed by atoms with Crippen LogP contribution in [0, 0.1) is 6.92 Å². The number of aryl methyl sites for hydroxylation is 1. The molecule has 186 valence electrons. The summed E-state index contributed by atoms with van der Waals surface area (Å²) in [4.78, 5) is 27.8. The maximum Gasteiger partial charge on any atom is 0.252 e. The average molecular weight is 527 g/mol. The van der Waals surface area contributed by atoms with E-state index in [0.29, 0.717) is 22.9 Å². The van der Waals surface area contributed by atoms with E-state index < -0.39 is 0 Å². The standard InChI is InChI=1S/C31H27ClN2O2S/c1-21-7-11-24(12-8-21)29(23-5-3-2-4-6-23)33-30(36)25-13-15-26(16-14-25)31-34(28(35)20-37-31)19-22-9-17-27(32)18-10-22/h2-18,29,31H,19-20H2,1H3,(H,33,36). The predicted octanol–water partition coefficient (Wildman–Crippen LogP) is 6.94. The molecule has 6 heteroatoms. The Morgan fingerprint density at radius 3 is 2.24 bits per heavy atom. The van der Waals surface area contributed by atoms with Gasteiger partial charge in [-0.1, -0.05) is 96.0 Å². The third-order valence-corrected chi connectivity index (χ3v) is 8.02. The van der Waals surface area contributed by atoms with Crippen LogP contribution in [0.4, 0.5) is 0 Å². The highest BCUT2D eigenvalue weighted by Crippen LogP contribution is 2.39. The monoisotopic (exact) mass is 526 g/mol. The maximum absolute atomic E-state index is 13.3. The Balaban J connectivity index is 1.33. The van der Waals surface area contributed by atoms with Gasteiger partial charge in [-0.05, 0) is 53.4 Å². The molecular formula is C31H27ClN2O2S. The summed E-state index contributed by atoms with van der Waals surface area (Å²) in [5, 5.41) is 3.79. The molecule has 1 fully saturated rings. The fourth-order valence-electron chi connectivity index (χ4n) is 4.46. The van der Waals surface area contributed by atoms with Crippen LogP contribution in [0.25, 0.3) is 0 Å². The molecule has 4 nitrogen and oxygen atoms in total. The lowest BCUT2D eigenvalue weighted by molar-refractivity contribution is -0.128. The molecule has 2 unspecified atom stereocenters. The molecule has 4 aromatic rings. The summed E-state index contributed by atoms with van der Waals surface area (Å²) in [5.41, 5.74) is 5.83. The summed E-state index contributed by atoms with van der Waals surface area (Å²) in [6.45, 7) is 2.57. The van der Waals surface area contributed by atoms with Crippen molar-refractivity contribution in [3.63, 3.8) is 0 Å². The van der Waals surface area contributed by atoms with Crippen molar-refractivity contribution in [3.8, 4) is 0 Å². The van der Waals surface area contributed by atoms with Gasteiger partial charge in [0.2, 0.25) is 5.91 Å². The van der Waals surface area contributed by atoms with Gasteiger partial charge in [-0.3, -0.25) is 9.59 Å². The highest BCUT2D eigenvalue weighted by Gasteiger charge is 2.33. The van der Waals surface area contributed by atoms with Gasteiger partial charge in [0.15, 0.2) is 0 Å². The SMILES string of the molecule is Cc1ccc(C(NC(=O)c2ccc(C3SCC(=O)N3Cc3ccc(Cl)cc3)cc2)c2ccccc2)cc1. The summed E-state index contributed by atoms with van der Waals surface area (Å²) in [5.74, 6) is 0.403. The van der Waals surface area contributed by atoms with Crippen molar-refractivity contribution < 1.29 is 9.59 Å². The lowest BCUT2D eigenvalue weighted by Crippen LogP contribution is -2.29. The van der Waals surface area contributed by atoms with Crippen LogP contribution in [0.1, 0.15) is 49.6 Å². The first kappa shape index (κ1) is 25.1. The molecule has 0 aliphatic carbocycles. The topological polar surface area (TPSA) is 49.4 Å². The van der Waals surface area contributed by atoms with Gasteiger partial charge in [0.25, 0.3) is 5.91 Å². The number of rotatable bonds is 7. The van der Waals surface area contributed by atoms with Gasteiger partial charge in [0.05, 0.1) is 11.8 Å². The fourth-order valence-corrected chi connectivity index (χ4v) is 5.78. The molecule has 1 aliphatic heterocycles. The molecule has 0 saturated carbocycles. The molecule has 0 bridgehead atoms. The molecule has 0 aromatic heterocycles. The quantitative estimate of drug-likeness (QED) is 0.284. The fraction of sp³-hybridized carbons (Fsp3) is 0.161. The minimum atomic E-state index is -0.258. The van der Waals surface area contributed by atoms with Crippen molar-refractivity contribution in [1.82, 2.24) is 10.2 Å². The molecular weight excluding hydrogens is 500 g/mol. The average Bonchev–Trinajstić information content (AvgIpc) is 3.29. The Kier molecular flexibility index (Phi) is 7.63. The van der Waals surface area contributed by atoms with E-state index in [9.17, 15) is 9.59 Å². The number of carbonyl (C=O) groups is 2. The van der Waals surface area contributed by atoms with Crippen LogP contribution in [-0.2, 0) is 11.3 Å². The van der Waals surface area contributed by atoms with E-state index in [1.54, 1.807) is 11.8 Å². The second kappa shape index (κ2) is 11.2. The molecule has 0 spiro atoms. The molecule has 1 heterocycles. The first-order valence-corrected chi connectivity index (χ1v) is 13.6. The minimum Gasteiger partial charge on any atom is -0.341 e. The van der Waals surface area contributed by atoms with Gasteiger partial charge in [0.1, 0.15) is 5.37 Å². The van der Waals surface area contributed by atoms with Gasteiger partial charge in [-0.15, -0.1) is 11.8 Å². The van der Waals surface area contributed by atoms with Gasteiger partial charge < -0.3 is 10.2 Å². The Bertz CT molecular complexity index is 1370. The van der Waals surface area contributed by atoms with Gasteiger partial charge in [-0.2, -0.15) is 0 Å². The zero-order valence-electron chi connectivity index (χ0n) is 20.4. The Labute approximate surface area is 226 Å². The van der Waals surface area contributed by atoms with Crippen molar-refractivity contribution >= 4 is 35.2 Å². The summed E-state index contributed by atoms with van der Waals surface area (Å²) < 4.78 is 0. The van der Waals surface area contributed by atoms with E-state index >= 15 is 0 Å². The number of halogens is 1. The molecule has 1 saturated heterocycles. The predicted molar refractivity (Wildman–Crippen MR) is 151 cm³/mol. The van der Waals surface area contributed by atoms with Gasteiger partial charge in [-0.25, -0.2) is 0 Å². The van der Waals surface area contributed by atoms with Crippen molar-refractivity contribution in [2.75, 3.05) is 5.75 Å². The number of nitrogens with zero attached hydrogens (tertiary/aromatic N) is 1. The summed E-state index contributed by atoms with van der Waals surface area (Å²) >= 11 is 7.62. The molecule has 4 aromatic carbocycles. The molecule has 0 radical (unpaired) electrons.